The molecule has 1 atom stereocenters. The van der Waals surface area contributed by atoms with Crippen molar-refractivity contribution in [1.82, 2.24) is 10.6 Å². The van der Waals surface area contributed by atoms with Crippen molar-refractivity contribution in [1.29, 1.82) is 0 Å². The number of nitrogens with one attached hydrogen (secondary N) is 3. The molecule has 0 bridgehead atoms. The van der Waals surface area contributed by atoms with E-state index in [2.05, 4.69) is 16.0 Å². The van der Waals surface area contributed by atoms with Crippen molar-refractivity contribution in [3.8, 4) is 0 Å². The lowest BCUT2D eigenvalue weighted by molar-refractivity contribution is -0.142. The van der Waals surface area contributed by atoms with E-state index in [1.54, 1.807) is 24.3 Å². The lowest BCUT2D eigenvalue weighted by Gasteiger charge is -2.19. The number of carbonyl (C=O) groups excluding carboxylic acids is 4. The average Bonchev–Trinajstić information content (AvgIpc) is 2.63. The maximum absolute atomic E-state index is 12.6. The first-order chi connectivity index (χ1) is 13.3. The molecule has 0 aliphatic heterocycles. The van der Waals surface area contributed by atoms with Crippen LogP contribution in [0.25, 0.3) is 0 Å². The van der Waals surface area contributed by atoms with Gasteiger partial charge in [-0.05, 0) is 36.5 Å². The third-order valence-electron chi connectivity index (χ3n) is 3.81. The van der Waals surface area contributed by atoms with Crippen LogP contribution < -0.4 is 16.0 Å². The molecule has 1 unspecified atom stereocenters. The summed E-state index contributed by atoms with van der Waals surface area (Å²) in [7, 11) is 0. The molecule has 1 aromatic rings. The van der Waals surface area contributed by atoms with Crippen LogP contribution in [0.3, 0.4) is 0 Å². The van der Waals surface area contributed by atoms with Gasteiger partial charge in [0.1, 0.15) is 12.6 Å². The topological polar surface area (TPSA) is 114 Å². The van der Waals surface area contributed by atoms with Gasteiger partial charge in [0.05, 0.1) is 0 Å². The summed E-state index contributed by atoms with van der Waals surface area (Å²) in [5.74, 6) is -0.683. The zero-order valence-electron chi connectivity index (χ0n) is 16.6. The Morgan fingerprint density at radius 1 is 1.14 bits per heavy atom. The molecule has 0 spiro atoms. The second-order valence-corrected chi connectivity index (χ2v) is 6.90. The molecule has 1 rings (SSSR count). The van der Waals surface area contributed by atoms with Crippen LogP contribution in [0.4, 0.5) is 5.69 Å². The van der Waals surface area contributed by atoms with Gasteiger partial charge in [-0.1, -0.05) is 26.0 Å². The van der Waals surface area contributed by atoms with Crippen LogP contribution in [0.2, 0.25) is 0 Å². The van der Waals surface area contributed by atoms with E-state index >= 15 is 0 Å². The van der Waals surface area contributed by atoms with Crippen LogP contribution in [0.15, 0.2) is 24.3 Å². The number of amides is 3. The lowest BCUT2D eigenvalue weighted by atomic mass is 10.1. The molecule has 154 valence electrons. The number of benzene rings is 1. The molecule has 0 aliphatic carbocycles. The molecule has 8 nitrogen and oxygen atoms in total. The summed E-state index contributed by atoms with van der Waals surface area (Å²) in [6.07, 6.45) is 1.90. The van der Waals surface area contributed by atoms with Gasteiger partial charge in [0, 0.05) is 25.6 Å². The minimum Gasteiger partial charge on any atom is -0.461 e. The third kappa shape index (κ3) is 9.70. The van der Waals surface area contributed by atoms with E-state index in [9.17, 15) is 19.2 Å². The Kier molecular flexibility index (Phi) is 10.3. The first kappa shape index (κ1) is 23.1. The first-order valence-electron chi connectivity index (χ1n) is 9.31. The van der Waals surface area contributed by atoms with E-state index in [-0.39, 0.29) is 30.3 Å². The highest BCUT2D eigenvalue weighted by Crippen LogP contribution is 2.12. The zero-order valence-corrected chi connectivity index (χ0v) is 16.6. The Balaban J connectivity index is 2.68. The van der Waals surface area contributed by atoms with Crippen molar-refractivity contribution in [2.75, 3.05) is 11.9 Å². The Morgan fingerprint density at radius 2 is 1.82 bits per heavy atom. The second-order valence-electron chi connectivity index (χ2n) is 6.90. The molecule has 3 amide bonds. The highest BCUT2D eigenvalue weighted by atomic mass is 16.5. The van der Waals surface area contributed by atoms with Crippen molar-refractivity contribution in [3.63, 3.8) is 0 Å². The highest BCUT2D eigenvalue weighted by Gasteiger charge is 2.21. The quantitative estimate of drug-likeness (QED) is 0.285. The highest BCUT2D eigenvalue weighted by molar-refractivity contribution is 5.97. The SMILES string of the molecule is CC(=O)OCc1ccc(NC(=O)C(CCCNC=O)NC(=O)CC(C)C)cc1. The molecule has 0 aliphatic rings. The normalized spacial score (nSPS) is 11.4. The molecule has 0 saturated carbocycles. The van der Waals surface area contributed by atoms with Crippen molar-refractivity contribution in [3.05, 3.63) is 29.8 Å². The van der Waals surface area contributed by atoms with Gasteiger partial charge in [-0.2, -0.15) is 0 Å². The largest absolute Gasteiger partial charge is 0.461 e. The number of ether oxygens (including phenoxy) is 1. The molecule has 0 aromatic heterocycles. The van der Waals surface area contributed by atoms with Crippen LogP contribution in [0.5, 0.6) is 0 Å². The molecule has 8 heteroatoms. The number of esters is 1. The van der Waals surface area contributed by atoms with Crippen LogP contribution in [0, 0.1) is 5.92 Å². The third-order valence-corrected chi connectivity index (χ3v) is 3.81. The van der Waals surface area contributed by atoms with Gasteiger partial charge in [-0.15, -0.1) is 0 Å². The van der Waals surface area contributed by atoms with Gasteiger partial charge in [0.15, 0.2) is 0 Å². The van der Waals surface area contributed by atoms with Crippen molar-refractivity contribution in [2.24, 2.45) is 5.92 Å². The number of hydrogen-bond donors (Lipinski definition) is 3. The Morgan fingerprint density at radius 3 is 2.39 bits per heavy atom. The maximum atomic E-state index is 12.6. The summed E-state index contributed by atoms with van der Waals surface area (Å²) in [6.45, 7) is 5.80. The van der Waals surface area contributed by atoms with E-state index < -0.39 is 6.04 Å². The Bertz CT molecular complexity index is 658. The molecular weight excluding hydrogens is 362 g/mol. The van der Waals surface area contributed by atoms with E-state index in [0.717, 1.165) is 5.56 Å². The first-order valence-corrected chi connectivity index (χ1v) is 9.31. The van der Waals surface area contributed by atoms with Crippen LogP contribution in [-0.4, -0.2) is 36.8 Å². The smallest absolute Gasteiger partial charge is 0.302 e. The standard InChI is InChI=1S/C20H29N3O5/c1-14(2)11-19(26)23-18(5-4-10-21-13-24)20(27)22-17-8-6-16(7-9-17)12-28-15(3)25/h6-9,13-14,18H,4-5,10-12H2,1-3H3,(H,21,24)(H,22,27)(H,23,26). The van der Waals surface area contributed by atoms with Crippen molar-refractivity contribution < 1.29 is 23.9 Å². The van der Waals surface area contributed by atoms with Gasteiger partial charge in [-0.3, -0.25) is 19.2 Å². The van der Waals surface area contributed by atoms with Gasteiger partial charge in [0.25, 0.3) is 0 Å². The predicted molar refractivity (Wildman–Crippen MR) is 105 cm³/mol. The summed E-state index contributed by atoms with van der Waals surface area (Å²) in [5.41, 5.74) is 1.38. The number of anilines is 1. The fraction of sp³-hybridized carbons (Fsp3) is 0.500. The van der Waals surface area contributed by atoms with E-state index in [1.807, 2.05) is 13.8 Å². The number of hydrogen-bond acceptors (Lipinski definition) is 5. The van der Waals surface area contributed by atoms with Crippen LogP contribution >= 0.6 is 0 Å². The summed E-state index contributed by atoms with van der Waals surface area (Å²) in [5, 5.41) is 8.09. The van der Waals surface area contributed by atoms with Gasteiger partial charge < -0.3 is 20.7 Å². The van der Waals surface area contributed by atoms with E-state index in [4.69, 9.17) is 4.74 Å². The molecule has 0 fully saturated rings. The summed E-state index contributed by atoms with van der Waals surface area (Å²) >= 11 is 0. The van der Waals surface area contributed by atoms with Gasteiger partial charge in [-0.25, -0.2) is 0 Å². The molecule has 28 heavy (non-hydrogen) atoms. The average molecular weight is 391 g/mol. The number of carbonyl (C=O) groups is 4. The minimum absolute atomic E-state index is 0.168. The fourth-order valence-electron chi connectivity index (χ4n) is 2.46. The monoisotopic (exact) mass is 391 g/mol. The maximum Gasteiger partial charge on any atom is 0.302 e. The van der Waals surface area contributed by atoms with E-state index in [0.29, 0.717) is 37.9 Å². The minimum atomic E-state index is -0.694. The second kappa shape index (κ2) is 12.5. The van der Waals surface area contributed by atoms with Gasteiger partial charge >= 0.3 is 5.97 Å². The van der Waals surface area contributed by atoms with Crippen molar-refractivity contribution >= 4 is 29.9 Å². The lowest BCUT2D eigenvalue weighted by Crippen LogP contribution is -2.44. The summed E-state index contributed by atoms with van der Waals surface area (Å²) in [4.78, 5) is 45.9. The molecule has 1 aromatic carbocycles. The van der Waals surface area contributed by atoms with Crippen molar-refractivity contribution in [2.45, 2.75) is 52.7 Å². The van der Waals surface area contributed by atoms with Crippen LogP contribution in [0.1, 0.15) is 45.6 Å². The summed E-state index contributed by atoms with van der Waals surface area (Å²) in [6, 6.07) is 6.22. The van der Waals surface area contributed by atoms with E-state index in [1.165, 1.54) is 6.92 Å². The van der Waals surface area contributed by atoms with Crippen LogP contribution in [-0.2, 0) is 30.5 Å². The molecule has 0 saturated heterocycles. The Labute approximate surface area is 165 Å². The zero-order chi connectivity index (χ0) is 20.9. The molecule has 3 N–H and O–H groups in total. The Hall–Kier alpha value is -2.90. The summed E-state index contributed by atoms with van der Waals surface area (Å²) < 4.78 is 4.92. The molecule has 0 heterocycles. The molecule has 0 radical (unpaired) electrons. The number of rotatable bonds is 12. The predicted octanol–water partition coefficient (Wildman–Crippen LogP) is 1.75. The fourth-order valence-corrected chi connectivity index (χ4v) is 2.46. The van der Waals surface area contributed by atoms with Gasteiger partial charge in [0.2, 0.25) is 18.2 Å². The molecular formula is C20H29N3O5.